The maximum atomic E-state index is 14.7. The van der Waals surface area contributed by atoms with Crippen LogP contribution in [0.15, 0.2) is 109 Å². The topological polar surface area (TPSA) is 172 Å². The lowest BCUT2D eigenvalue weighted by Crippen LogP contribution is -2.59. The molecular formula is C42H48ClN4O7. The zero-order chi connectivity index (χ0) is 38.9. The molecule has 4 atom stereocenters. The Kier molecular flexibility index (Phi) is 16.7. The average molecular weight is 756 g/mol. The number of esters is 1. The lowest BCUT2D eigenvalue weighted by molar-refractivity contribution is -0.145. The van der Waals surface area contributed by atoms with Crippen LogP contribution in [0, 0.1) is 5.92 Å². The van der Waals surface area contributed by atoms with E-state index in [4.69, 9.17) is 37.3 Å². The molecule has 54 heavy (non-hydrogen) atoms. The maximum Gasteiger partial charge on any atom is 0.326 e. The average Bonchev–Trinajstić information content (AvgIpc) is 3.19. The number of methoxy groups -OCH3 is 1. The zero-order valence-corrected chi connectivity index (χ0v) is 31.3. The molecule has 12 heteroatoms. The first kappa shape index (κ1) is 41.7. The number of nitrogens with one attached hydrogen (secondary N) is 2. The van der Waals surface area contributed by atoms with Crippen LogP contribution in [-0.2, 0) is 48.3 Å². The largest absolute Gasteiger partial charge is 0.497 e. The van der Waals surface area contributed by atoms with Crippen molar-refractivity contribution < 1.29 is 33.4 Å². The van der Waals surface area contributed by atoms with Gasteiger partial charge in [0.15, 0.2) is 11.7 Å². The second-order valence-corrected chi connectivity index (χ2v) is 13.2. The molecule has 0 aromatic heterocycles. The number of unbranched alkanes of at least 4 members (excludes halogenated alkanes) is 1. The van der Waals surface area contributed by atoms with Crippen LogP contribution >= 0.6 is 11.6 Å². The highest BCUT2D eigenvalue weighted by atomic mass is 35.5. The van der Waals surface area contributed by atoms with Crippen molar-refractivity contribution in [1.29, 1.82) is 0 Å². The van der Waals surface area contributed by atoms with Crippen LogP contribution in [0.3, 0.4) is 0 Å². The summed E-state index contributed by atoms with van der Waals surface area (Å²) in [5, 5.41) is 5.99. The molecule has 0 saturated heterocycles. The van der Waals surface area contributed by atoms with Gasteiger partial charge in [0.1, 0.15) is 18.4 Å². The number of hydrogen-bond donors (Lipinski definition) is 4. The molecular weight excluding hydrogens is 708 g/mol. The summed E-state index contributed by atoms with van der Waals surface area (Å²) in [4.78, 5) is 56.2. The molecule has 285 valence electrons. The molecule has 4 rings (SSSR count). The minimum atomic E-state index is -1.27. The standard InChI is InChI=1S/C42H48ClN4O7/c1-28(53-26-30-15-7-4-8-16-30)38(47-40(49)35(45)19-11-12-24-44)41(50)46-36(25-29-13-5-3-6-14-29)39(48)37(31-20-22-33(52-2)23-21-31)42(51)54-27-32-17-9-10-18-34(32)43/h3-10,13-18,20-23,28,35-36,38H,11-12,19,24-27,44-45H2,1-2H3,(H,46,50)(H,47,49)/t28-,35+,36+,38+/m1/s1. The van der Waals surface area contributed by atoms with Crippen LogP contribution in [0.2, 0.25) is 5.02 Å². The predicted molar refractivity (Wildman–Crippen MR) is 207 cm³/mol. The van der Waals surface area contributed by atoms with Gasteiger partial charge in [0, 0.05) is 10.6 Å². The van der Waals surface area contributed by atoms with Gasteiger partial charge < -0.3 is 36.3 Å². The van der Waals surface area contributed by atoms with Crippen LogP contribution in [0.4, 0.5) is 0 Å². The molecule has 4 aromatic carbocycles. The Bertz CT molecular complexity index is 1790. The molecule has 0 bridgehead atoms. The molecule has 0 aliphatic heterocycles. The summed E-state index contributed by atoms with van der Waals surface area (Å²) in [5.74, 6) is -2.66. The molecule has 2 amide bonds. The smallest absolute Gasteiger partial charge is 0.326 e. The molecule has 11 nitrogen and oxygen atoms in total. The third-order valence-electron chi connectivity index (χ3n) is 8.77. The molecule has 6 N–H and O–H groups in total. The fraction of sp³-hybridized carbons (Fsp3) is 0.310. The highest BCUT2D eigenvalue weighted by Crippen LogP contribution is 2.25. The number of ketones is 1. The zero-order valence-electron chi connectivity index (χ0n) is 30.5. The van der Waals surface area contributed by atoms with E-state index in [0.29, 0.717) is 47.7 Å². The van der Waals surface area contributed by atoms with E-state index < -0.39 is 47.8 Å². The minimum Gasteiger partial charge on any atom is -0.497 e. The Labute approximate surface area is 321 Å². The van der Waals surface area contributed by atoms with Crippen molar-refractivity contribution in [1.82, 2.24) is 10.6 Å². The lowest BCUT2D eigenvalue weighted by Gasteiger charge is -2.29. The van der Waals surface area contributed by atoms with Gasteiger partial charge in [0.25, 0.3) is 0 Å². The molecule has 4 aromatic rings. The van der Waals surface area contributed by atoms with Crippen molar-refractivity contribution in [3.8, 4) is 5.75 Å². The van der Waals surface area contributed by atoms with E-state index >= 15 is 0 Å². The van der Waals surface area contributed by atoms with Gasteiger partial charge >= 0.3 is 5.97 Å². The van der Waals surface area contributed by atoms with Gasteiger partial charge in [-0.1, -0.05) is 109 Å². The third-order valence-corrected chi connectivity index (χ3v) is 9.14. The van der Waals surface area contributed by atoms with Gasteiger partial charge in [-0.05, 0) is 67.6 Å². The number of Topliss-reactive ketones (excluding diaryl/α,β-unsaturated/α-hetero) is 1. The Morgan fingerprint density at radius 2 is 1.39 bits per heavy atom. The normalized spacial score (nSPS) is 13.3. The lowest BCUT2D eigenvalue weighted by atomic mass is 9.87. The van der Waals surface area contributed by atoms with Gasteiger partial charge in [-0.25, -0.2) is 0 Å². The van der Waals surface area contributed by atoms with E-state index in [-0.39, 0.29) is 31.1 Å². The fourth-order valence-electron chi connectivity index (χ4n) is 5.64. The summed E-state index contributed by atoms with van der Waals surface area (Å²) in [6.45, 7) is 2.08. The Balaban J connectivity index is 1.66. The van der Waals surface area contributed by atoms with E-state index in [0.717, 1.165) is 5.56 Å². The van der Waals surface area contributed by atoms with Crippen molar-refractivity contribution in [2.45, 2.75) is 70.1 Å². The number of hydrogen-bond acceptors (Lipinski definition) is 9. The predicted octanol–water partition coefficient (Wildman–Crippen LogP) is 4.86. The maximum absolute atomic E-state index is 14.7. The van der Waals surface area contributed by atoms with Crippen LogP contribution in [0.25, 0.3) is 0 Å². The highest BCUT2D eigenvalue weighted by molar-refractivity contribution is 6.31. The Morgan fingerprint density at radius 1 is 0.759 bits per heavy atom. The van der Waals surface area contributed by atoms with Crippen molar-refractivity contribution in [2.24, 2.45) is 11.5 Å². The number of amides is 2. The summed E-state index contributed by atoms with van der Waals surface area (Å²) >= 11 is 6.32. The Morgan fingerprint density at radius 3 is 2.02 bits per heavy atom. The second kappa shape index (κ2) is 21.6. The molecule has 0 fully saturated rings. The van der Waals surface area contributed by atoms with Crippen LogP contribution in [0.1, 0.15) is 48.4 Å². The van der Waals surface area contributed by atoms with Gasteiger partial charge in [0.05, 0.1) is 31.9 Å². The van der Waals surface area contributed by atoms with Crippen molar-refractivity contribution in [3.63, 3.8) is 0 Å². The van der Waals surface area contributed by atoms with E-state index in [1.165, 1.54) is 7.11 Å². The number of halogens is 1. The molecule has 0 heterocycles. The molecule has 1 radical (unpaired) electrons. The molecule has 0 unspecified atom stereocenters. The first-order valence-corrected chi connectivity index (χ1v) is 18.2. The van der Waals surface area contributed by atoms with E-state index in [2.05, 4.69) is 10.6 Å². The van der Waals surface area contributed by atoms with Gasteiger partial charge in [-0.2, -0.15) is 0 Å². The van der Waals surface area contributed by atoms with E-state index in [1.807, 2.05) is 36.4 Å². The van der Waals surface area contributed by atoms with Gasteiger partial charge in [-0.3, -0.25) is 19.2 Å². The molecule has 0 aliphatic rings. The highest BCUT2D eigenvalue weighted by Gasteiger charge is 2.39. The number of benzene rings is 4. The van der Waals surface area contributed by atoms with E-state index in [1.54, 1.807) is 79.7 Å². The minimum absolute atomic E-state index is 0.0153. The third kappa shape index (κ3) is 12.5. The first-order valence-electron chi connectivity index (χ1n) is 17.8. The van der Waals surface area contributed by atoms with Crippen LogP contribution < -0.4 is 26.8 Å². The number of ether oxygens (including phenoxy) is 3. The second-order valence-electron chi connectivity index (χ2n) is 12.8. The number of nitrogens with two attached hydrogens (primary N) is 2. The number of carbonyl (C=O) groups is 4. The summed E-state index contributed by atoms with van der Waals surface area (Å²) in [6.07, 6.45) is 0.845. The summed E-state index contributed by atoms with van der Waals surface area (Å²) in [6, 6.07) is 28.2. The first-order chi connectivity index (χ1) is 26.1. The summed E-state index contributed by atoms with van der Waals surface area (Å²) < 4.78 is 17.1. The SMILES string of the molecule is COc1ccc([C](C(=O)OCc2ccccc2Cl)C(=O)[C@H](Cc2ccccc2)NC(=O)[C@@H](NC(=O)[C@@H](N)CCCCN)[C@@H](C)OCc2ccccc2)cc1. The van der Waals surface area contributed by atoms with E-state index in [9.17, 15) is 19.2 Å². The summed E-state index contributed by atoms with van der Waals surface area (Å²) in [5.41, 5.74) is 14.2. The summed E-state index contributed by atoms with van der Waals surface area (Å²) in [7, 11) is 1.50. The van der Waals surface area contributed by atoms with Gasteiger partial charge in [-0.15, -0.1) is 0 Å². The fourth-order valence-corrected chi connectivity index (χ4v) is 5.83. The molecule has 0 aliphatic carbocycles. The van der Waals surface area contributed by atoms with Crippen molar-refractivity contribution in [2.75, 3.05) is 13.7 Å². The molecule has 0 saturated carbocycles. The van der Waals surface area contributed by atoms with Gasteiger partial charge in [0.2, 0.25) is 11.8 Å². The van der Waals surface area contributed by atoms with Crippen LogP contribution in [-0.4, -0.2) is 61.5 Å². The Hall–Kier alpha value is -5.07. The quantitative estimate of drug-likeness (QED) is 0.0527. The monoisotopic (exact) mass is 755 g/mol. The molecule has 0 spiro atoms. The van der Waals surface area contributed by atoms with Crippen molar-refractivity contribution >= 4 is 35.2 Å². The number of carbonyl (C=O) groups excluding carboxylic acids is 4. The van der Waals surface area contributed by atoms with Crippen LogP contribution in [0.5, 0.6) is 5.75 Å². The number of rotatable bonds is 21. The van der Waals surface area contributed by atoms with Crippen molar-refractivity contribution in [3.05, 3.63) is 142 Å².